The van der Waals surface area contributed by atoms with E-state index in [9.17, 15) is 19.8 Å². The van der Waals surface area contributed by atoms with Crippen LogP contribution in [0.3, 0.4) is 0 Å². The molecule has 2 atom stereocenters. The number of nitrogens with zero attached hydrogens (tertiary/aromatic N) is 2. The topological polar surface area (TPSA) is 141 Å². The number of aliphatic carboxylic acids is 1. The van der Waals surface area contributed by atoms with Gasteiger partial charge in [-0.2, -0.15) is 0 Å². The van der Waals surface area contributed by atoms with Crippen molar-refractivity contribution in [2.75, 3.05) is 6.61 Å². The van der Waals surface area contributed by atoms with Crippen LogP contribution in [-0.4, -0.2) is 48.7 Å². The van der Waals surface area contributed by atoms with Crippen molar-refractivity contribution in [2.45, 2.75) is 92.6 Å². The van der Waals surface area contributed by atoms with Gasteiger partial charge in [-0.3, -0.25) is 9.78 Å². The van der Waals surface area contributed by atoms with Gasteiger partial charge in [-0.05, 0) is 93.0 Å². The van der Waals surface area contributed by atoms with Crippen LogP contribution in [0.1, 0.15) is 121 Å². The summed E-state index contributed by atoms with van der Waals surface area (Å²) in [6, 6.07) is 6.07. The van der Waals surface area contributed by atoms with E-state index in [1.54, 1.807) is 0 Å². The highest BCUT2D eigenvalue weighted by Crippen LogP contribution is 2.42. The molecule has 0 radical (unpaired) electrons. The minimum absolute atomic E-state index is 0.00732. The predicted molar refractivity (Wildman–Crippen MR) is 173 cm³/mol. The number of hydrogen-bond donors (Lipinski definition) is 4. The molecule has 4 N–H and O–H groups in total. The molecule has 3 aromatic heterocycles. The van der Waals surface area contributed by atoms with Gasteiger partial charge < -0.3 is 24.9 Å². The lowest BCUT2D eigenvalue weighted by atomic mass is 9.86. The zero-order valence-corrected chi connectivity index (χ0v) is 26.6. The van der Waals surface area contributed by atoms with Crippen LogP contribution in [0.15, 0.2) is 18.2 Å². The van der Waals surface area contributed by atoms with E-state index in [4.69, 9.17) is 14.7 Å². The van der Waals surface area contributed by atoms with Crippen LogP contribution in [0.2, 0.25) is 0 Å². The van der Waals surface area contributed by atoms with Crippen molar-refractivity contribution < 1.29 is 24.5 Å². The largest absolute Gasteiger partial charge is 0.481 e. The van der Waals surface area contributed by atoms with Gasteiger partial charge in [-0.15, -0.1) is 0 Å². The minimum atomic E-state index is -1.03. The Morgan fingerprint density at radius 3 is 2.27 bits per heavy atom. The second-order valence-corrected chi connectivity index (χ2v) is 12.0. The standard InChI is InChI=1S/C35H42N4O5/c1-8-12-44-16-24-19(5)25-13-27-18(4)23(10-11-31(40)41)33(38-27)21(7)34-32(35(42)43)20(6)28(39-34)15-29-22(9-2)17(3)26(36-29)14-30(24)37-25/h13-15,18,23,37,39H,8-12,16H2,1-7H3,(H,40,41)(H,42,43)/t18-,23-/m0/s1. The lowest BCUT2D eigenvalue weighted by molar-refractivity contribution is -0.137. The summed E-state index contributed by atoms with van der Waals surface area (Å²) in [5.41, 5.74) is 12.0. The number of nitrogens with one attached hydrogen (secondary N) is 2. The molecule has 2 aliphatic rings. The fourth-order valence-electron chi connectivity index (χ4n) is 6.60. The molecule has 5 heterocycles. The number of allylic oxidation sites excluding steroid dienone is 2. The smallest absolute Gasteiger partial charge is 0.338 e. The molecule has 0 unspecified atom stereocenters. The van der Waals surface area contributed by atoms with E-state index in [1.807, 2.05) is 26.0 Å². The van der Waals surface area contributed by atoms with E-state index in [2.05, 4.69) is 50.7 Å². The summed E-state index contributed by atoms with van der Waals surface area (Å²) in [4.78, 5) is 41.4. The fourth-order valence-corrected chi connectivity index (χ4v) is 6.60. The van der Waals surface area contributed by atoms with Gasteiger partial charge >= 0.3 is 11.9 Å². The second kappa shape index (κ2) is 12.4. The monoisotopic (exact) mass is 598 g/mol. The number of aromatic amines is 2. The Balaban J connectivity index is 1.94. The van der Waals surface area contributed by atoms with E-state index in [-0.39, 0.29) is 23.8 Å². The molecule has 8 bridgehead atoms. The molecule has 0 amide bonds. The van der Waals surface area contributed by atoms with Gasteiger partial charge in [0.25, 0.3) is 0 Å². The molecule has 0 saturated heterocycles. The number of hydrogen-bond acceptors (Lipinski definition) is 5. The van der Waals surface area contributed by atoms with Crippen molar-refractivity contribution in [1.29, 1.82) is 0 Å². The first kappa shape index (κ1) is 31.2. The zero-order chi connectivity index (χ0) is 31.9. The van der Waals surface area contributed by atoms with Crippen molar-refractivity contribution >= 4 is 45.2 Å². The highest BCUT2D eigenvalue weighted by Gasteiger charge is 2.32. The minimum Gasteiger partial charge on any atom is -0.481 e. The number of rotatable bonds is 9. The third kappa shape index (κ3) is 5.56. The normalized spacial score (nSPS) is 16.5. The van der Waals surface area contributed by atoms with Crippen LogP contribution < -0.4 is 0 Å². The summed E-state index contributed by atoms with van der Waals surface area (Å²) in [7, 11) is 0. The quantitative estimate of drug-likeness (QED) is 0.183. The summed E-state index contributed by atoms with van der Waals surface area (Å²) in [5.74, 6) is -2.16. The molecule has 2 aliphatic heterocycles. The van der Waals surface area contributed by atoms with E-state index in [1.165, 1.54) is 0 Å². The molecule has 9 nitrogen and oxygen atoms in total. The first-order valence-electron chi connectivity index (χ1n) is 15.4. The van der Waals surface area contributed by atoms with Gasteiger partial charge in [0.1, 0.15) is 0 Å². The van der Waals surface area contributed by atoms with E-state index < -0.39 is 11.9 Å². The SMILES string of the molecule is CCCOCc1c(C)c2cc3nc(c(C)c4[nH]c(cc5nc(cc1[nH]2)C(C)=C5CC)c(C)c4C(=O)O)[C@@H](CCC(=O)O)[C@@H]3C. The maximum absolute atomic E-state index is 12.6. The summed E-state index contributed by atoms with van der Waals surface area (Å²) in [6.45, 7) is 15.2. The Labute approximate surface area is 257 Å². The predicted octanol–water partition coefficient (Wildman–Crippen LogP) is 7.96. The van der Waals surface area contributed by atoms with Crippen molar-refractivity contribution in [3.8, 4) is 0 Å². The molecule has 0 aliphatic carbocycles. The summed E-state index contributed by atoms with van der Waals surface area (Å²) in [6.07, 6.45) is 2.08. The number of carbonyl (C=O) groups is 2. The van der Waals surface area contributed by atoms with Crippen LogP contribution >= 0.6 is 0 Å². The van der Waals surface area contributed by atoms with Crippen molar-refractivity contribution in [1.82, 2.24) is 19.9 Å². The molecule has 232 valence electrons. The van der Waals surface area contributed by atoms with E-state index in [0.717, 1.165) is 63.2 Å². The maximum Gasteiger partial charge on any atom is 0.338 e. The molecule has 0 spiro atoms. The van der Waals surface area contributed by atoms with Crippen LogP contribution in [0, 0.1) is 20.8 Å². The lowest BCUT2D eigenvalue weighted by Gasteiger charge is -2.16. The maximum atomic E-state index is 12.6. The van der Waals surface area contributed by atoms with Crippen molar-refractivity contribution in [2.24, 2.45) is 0 Å². The summed E-state index contributed by atoms with van der Waals surface area (Å²) >= 11 is 0. The Morgan fingerprint density at radius 1 is 0.909 bits per heavy atom. The Hall–Kier alpha value is -4.24. The van der Waals surface area contributed by atoms with Crippen LogP contribution in [0.5, 0.6) is 0 Å². The number of fused-ring (bicyclic) bond motifs is 8. The Kier molecular flexibility index (Phi) is 8.79. The van der Waals surface area contributed by atoms with Crippen molar-refractivity contribution in [3.63, 3.8) is 0 Å². The number of carboxylic acid groups (broad SMARTS) is 2. The van der Waals surface area contributed by atoms with Crippen LogP contribution in [0.4, 0.5) is 0 Å². The third-order valence-electron chi connectivity index (χ3n) is 9.24. The average molecular weight is 599 g/mol. The third-order valence-corrected chi connectivity index (χ3v) is 9.24. The molecular weight excluding hydrogens is 556 g/mol. The van der Waals surface area contributed by atoms with Gasteiger partial charge in [-0.25, -0.2) is 9.78 Å². The first-order valence-corrected chi connectivity index (χ1v) is 15.4. The van der Waals surface area contributed by atoms with Gasteiger partial charge in [0, 0.05) is 58.4 Å². The average Bonchev–Trinajstić information content (AvgIpc) is 3.65. The molecule has 0 aromatic carbocycles. The van der Waals surface area contributed by atoms with Gasteiger partial charge in [-0.1, -0.05) is 20.8 Å². The second-order valence-electron chi connectivity index (χ2n) is 12.0. The van der Waals surface area contributed by atoms with Gasteiger partial charge in [0.2, 0.25) is 0 Å². The number of H-pyrrole nitrogens is 2. The highest BCUT2D eigenvalue weighted by atomic mass is 16.5. The summed E-state index contributed by atoms with van der Waals surface area (Å²) in [5, 5.41) is 19.9. The van der Waals surface area contributed by atoms with Crippen LogP contribution in [0.25, 0.3) is 33.2 Å². The molecular formula is C35H42N4O5. The zero-order valence-electron chi connectivity index (χ0n) is 26.6. The number of aromatic carboxylic acids is 1. The van der Waals surface area contributed by atoms with Crippen LogP contribution in [-0.2, 0) is 16.1 Å². The van der Waals surface area contributed by atoms with Gasteiger partial charge in [0.05, 0.1) is 29.1 Å². The number of aromatic nitrogens is 4. The highest BCUT2D eigenvalue weighted by molar-refractivity contribution is 6.02. The lowest BCUT2D eigenvalue weighted by Crippen LogP contribution is -2.07. The fraction of sp³-hybridized carbons (Fsp3) is 0.429. The summed E-state index contributed by atoms with van der Waals surface area (Å²) < 4.78 is 6.01. The Morgan fingerprint density at radius 2 is 1.61 bits per heavy atom. The van der Waals surface area contributed by atoms with E-state index >= 15 is 0 Å². The molecule has 5 rings (SSSR count). The number of aryl methyl sites for hydroxylation is 3. The molecule has 0 saturated carbocycles. The first-order chi connectivity index (χ1) is 21.0. The molecule has 44 heavy (non-hydrogen) atoms. The molecule has 9 heteroatoms. The van der Waals surface area contributed by atoms with Gasteiger partial charge in [0.15, 0.2) is 0 Å². The molecule has 0 fully saturated rings. The number of carboxylic acids is 2. The van der Waals surface area contributed by atoms with E-state index in [0.29, 0.717) is 47.5 Å². The Bertz CT molecular complexity index is 1850. The molecule has 3 aromatic rings. The van der Waals surface area contributed by atoms with Crippen molar-refractivity contribution in [3.05, 3.63) is 68.8 Å². The number of ether oxygens (including phenoxy) is 1.